The number of aromatic nitrogens is 2. The molecule has 1 aliphatic rings. The molecule has 0 bridgehead atoms. The molecule has 1 aromatic heterocycles. The molecule has 1 saturated carbocycles. The summed E-state index contributed by atoms with van der Waals surface area (Å²) in [4.78, 5) is 0. The van der Waals surface area contributed by atoms with E-state index in [0.29, 0.717) is 12.5 Å². The van der Waals surface area contributed by atoms with Gasteiger partial charge >= 0.3 is 0 Å². The summed E-state index contributed by atoms with van der Waals surface area (Å²) < 4.78 is 1.90. The Morgan fingerprint density at radius 1 is 1.79 bits per heavy atom. The van der Waals surface area contributed by atoms with Crippen LogP contribution in [0, 0.1) is 12.3 Å². The Hall–Kier alpha value is -0.870. The van der Waals surface area contributed by atoms with Crippen LogP contribution >= 0.6 is 0 Å². The Morgan fingerprint density at radius 2 is 2.50 bits per heavy atom. The van der Waals surface area contributed by atoms with E-state index in [-0.39, 0.29) is 12.0 Å². The Labute approximate surface area is 83.7 Å². The van der Waals surface area contributed by atoms with Gasteiger partial charge in [-0.15, -0.1) is 0 Å². The van der Waals surface area contributed by atoms with Gasteiger partial charge in [0.1, 0.15) is 0 Å². The van der Waals surface area contributed by atoms with Crippen molar-refractivity contribution in [2.24, 2.45) is 18.2 Å². The van der Waals surface area contributed by atoms with Gasteiger partial charge in [-0.2, -0.15) is 5.10 Å². The van der Waals surface area contributed by atoms with E-state index in [0.717, 1.165) is 6.42 Å². The summed E-state index contributed by atoms with van der Waals surface area (Å²) >= 11 is 0. The second kappa shape index (κ2) is 3.07. The highest BCUT2D eigenvalue weighted by molar-refractivity contribution is 5.30. The van der Waals surface area contributed by atoms with Gasteiger partial charge < -0.3 is 10.8 Å². The number of rotatable bonds is 3. The highest BCUT2D eigenvalue weighted by atomic mass is 16.3. The summed E-state index contributed by atoms with van der Waals surface area (Å²) in [6.45, 7) is 2.79. The quantitative estimate of drug-likeness (QED) is 0.721. The molecule has 14 heavy (non-hydrogen) atoms. The molecule has 0 amide bonds. The lowest BCUT2D eigenvalue weighted by Crippen LogP contribution is -2.22. The molecule has 0 saturated heterocycles. The first-order chi connectivity index (χ1) is 6.64. The van der Waals surface area contributed by atoms with E-state index in [4.69, 9.17) is 5.73 Å². The van der Waals surface area contributed by atoms with Gasteiger partial charge in [0.2, 0.25) is 0 Å². The summed E-state index contributed by atoms with van der Waals surface area (Å²) in [6.07, 6.45) is 2.85. The molecule has 78 valence electrons. The van der Waals surface area contributed by atoms with Crippen LogP contribution in [0.5, 0.6) is 0 Å². The molecule has 0 aliphatic heterocycles. The van der Waals surface area contributed by atoms with Crippen molar-refractivity contribution in [2.45, 2.75) is 19.3 Å². The van der Waals surface area contributed by atoms with E-state index >= 15 is 0 Å². The van der Waals surface area contributed by atoms with Gasteiger partial charge in [-0.1, -0.05) is 0 Å². The summed E-state index contributed by atoms with van der Waals surface area (Å²) in [7, 11) is 1.94. The smallest absolute Gasteiger partial charge is 0.0521 e. The third kappa shape index (κ3) is 1.18. The fourth-order valence-corrected chi connectivity index (χ4v) is 2.26. The van der Waals surface area contributed by atoms with E-state index < -0.39 is 0 Å². The molecular weight excluding hydrogens is 178 g/mol. The minimum atomic E-state index is -0.0709. The molecule has 1 heterocycles. The molecule has 0 spiro atoms. The maximum atomic E-state index is 9.30. The normalized spacial score (nSPS) is 30.7. The summed E-state index contributed by atoms with van der Waals surface area (Å²) in [5.41, 5.74) is 8.04. The van der Waals surface area contributed by atoms with Gasteiger partial charge in [0.25, 0.3) is 0 Å². The van der Waals surface area contributed by atoms with Crippen molar-refractivity contribution in [3.8, 4) is 0 Å². The average Bonchev–Trinajstić information content (AvgIpc) is 2.82. The van der Waals surface area contributed by atoms with E-state index in [9.17, 15) is 5.11 Å². The van der Waals surface area contributed by atoms with Crippen LogP contribution in [0.2, 0.25) is 0 Å². The van der Waals surface area contributed by atoms with Gasteiger partial charge in [0.05, 0.1) is 12.8 Å². The summed E-state index contributed by atoms with van der Waals surface area (Å²) in [5, 5.41) is 13.5. The first-order valence-electron chi connectivity index (χ1n) is 4.94. The van der Waals surface area contributed by atoms with Crippen LogP contribution in [0.3, 0.4) is 0 Å². The van der Waals surface area contributed by atoms with Crippen LogP contribution < -0.4 is 5.73 Å². The number of hydrogen-bond acceptors (Lipinski definition) is 3. The van der Waals surface area contributed by atoms with Crippen molar-refractivity contribution in [3.63, 3.8) is 0 Å². The van der Waals surface area contributed by atoms with E-state index in [1.165, 1.54) is 11.3 Å². The first-order valence-corrected chi connectivity index (χ1v) is 4.94. The van der Waals surface area contributed by atoms with Crippen molar-refractivity contribution in [3.05, 3.63) is 17.5 Å². The van der Waals surface area contributed by atoms with Crippen molar-refractivity contribution in [2.75, 3.05) is 13.2 Å². The predicted molar refractivity (Wildman–Crippen MR) is 53.9 cm³/mol. The maximum absolute atomic E-state index is 9.30. The third-order valence-electron chi connectivity index (χ3n) is 3.42. The lowest BCUT2D eigenvalue weighted by atomic mass is 10.0. The lowest BCUT2D eigenvalue weighted by Gasteiger charge is -2.11. The predicted octanol–water partition coefficient (Wildman–Crippen LogP) is 0.153. The lowest BCUT2D eigenvalue weighted by molar-refractivity contribution is 0.210. The Balaban J connectivity index is 2.27. The van der Waals surface area contributed by atoms with Crippen molar-refractivity contribution in [1.29, 1.82) is 0 Å². The molecule has 1 aliphatic carbocycles. The van der Waals surface area contributed by atoms with E-state index in [2.05, 4.69) is 12.0 Å². The topological polar surface area (TPSA) is 64.1 Å². The molecule has 1 fully saturated rings. The van der Waals surface area contributed by atoms with Gasteiger partial charge in [0.15, 0.2) is 0 Å². The molecule has 1 aromatic rings. The molecule has 2 unspecified atom stereocenters. The Bertz CT molecular complexity index is 322. The molecular formula is C10H17N3O. The van der Waals surface area contributed by atoms with Gasteiger partial charge in [-0.3, -0.25) is 4.68 Å². The number of nitrogens with zero attached hydrogens (tertiary/aromatic N) is 2. The van der Waals surface area contributed by atoms with E-state index in [1.807, 2.05) is 17.9 Å². The number of aryl methyl sites for hydroxylation is 2. The van der Waals surface area contributed by atoms with Crippen molar-refractivity contribution in [1.82, 2.24) is 9.78 Å². The van der Waals surface area contributed by atoms with Crippen LogP contribution in [-0.4, -0.2) is 28.0 Å². The zero-order chi connectivity index (χ0) is 10.3. The van der Waals surface area contributed by atoms with Gasteiger partial charge in [-0.25, -0.2) is 0 Å². The SMILES string of the molecule is Cc1cnn(C)c1C1CC1(CN)CO. The fourth-order valence-electron chi connectivity index (χ4n) is 2.26. The number of nitrogens with two attached hydrogens (primary N) is 1. The second-order valence-electron chi connectivity index (χ2n) is 4.32. The van der Waals surface area contributed by atoms with Crippen LogP contribution in [0.4, 0.5) is 0 Å². The minimum Gasteiger partial charge on any atom is -0.396 e. The summed E-state index contributed by atoms with van der Waals surface area (Å²) in [6, 6.07) is 0. The molecule has 2 rings (SSSR count). The molecule has 4 nitrogen and oxygen atoms in total. The van der Waals surface area contributed by atoms with Gasteiger partial charge in [0, 0.05) is 30.6 Å². The molecule has 0 radical (unpaired) electrons. The maximum Gasteiger partial charge on any atom is 0.0521 e. The largest absolute Gasteiger partial charge is 0.396 e. The third-order valence-corrected chi connectivity index (χ3v) is 3.42. The highest BCUT2D eigenvalue weighted by Gasteiger charge is 2.55. The highest BCUT2D eigenvalue weighted by Crippen LogP contribution is 2.58. The van der Waals surface area contributed by atoms with Crippen molar-refractivity contribution < 1.29 is 5.11 Å². The fraction of sp³-hybridized carbons (Fsp3) is 0.700. The standard InChI is InChI=1S/C10H17N3O/c1-7-4-12-13(2)9(7)8-3-10(8,5-11)6-14/h4,8,14H,3,5-6,11H2,1-2H3. The zero-order valence-electron chi connectivity index (χ0n) is 8.70. The monoisotopic (exact) mass is 195 g/mol. The van der Waals surface area contributed by atoms with Crippen molar-refractivity contribution >= 4 is 0 Å². The molecule has 3 N–H and O–H groups in total. The van der Waals surface area contributed by atoms with E-state index in [1.54, 1.807) is 0 Å². The number of aliphatic hydroxyl groups is 1. The Morgan fingerprint density at radius 3 is 2.86 bits per heavy atom. The second-order valence-corrected chi connectivity index (χ2v) is 4.32. The average molecular weight is 195 g/mol. The molecule has 2 atom stereocenters. The van der Waals surface area contributed by atoms with Crippen LogP contribution in [0.25, 0.3) is 0 Å². The number of hydrogen-bond donors (Lipinski definition) is 2. The number of aliphatic hydroxyl groups excluding tert-OH is 1. The zero-order valence-corrected chi connectivity index (χ0v) is 8.70. The van der Waals surface area contributed by atoms with Crippen LogP contribution in [-0.2, 0) is 7.05 Å². The first kappa shape index (κ1) is 9.68. The van der Waals surface area contributed by atoms with Crippen LogP contribution in [0.1, 0.15) is 23.6 Å². The van der Waals surface area contributed by atoms with Crippen LogP contribution in [0.15, 0.2) is 6.20 Å². The molecule has 4 heteroatoms. The minimum absolute atomic E-state index is 0.0709. The summed E-state index contributed by atoms with van der Waals surface area (Å²) in [5.74, 6) is 0.394. The Kier molecular flexibility index (Phi) is 2.12. The van der Waals surface area contributed by atoms with Gasteiger partial charge in [-0.05, 0) is 18.9 Å². The molecule has 0 aromatic carbocycles.